The van der Waals surface area contributed by atoms with Crippen molar-refractivity contribution in [1.29, 1.82) is 0 Å². The van der Waals surface area contributed by atoms with E-state index in [0.717, 1.165) is 6.07 Å². The summed E-state index contributed by atoms with van der Waals surface area (Å²) in [6, 6.07) is 2.28. The van der Waals surface area contributed by atoms with Crippen LogP contribution in [0.2, 0.25) is 5.15 Å². The summed E-state index contributed by atoms with van der Waals surface area (Å²) in [7, 11) is 0. The standard InChI is InChI=1S/C9H8ClF3N2O/c10-8-2-5(15-3-6(16)4-15)1-7(14-8)9(11,12)13/h1-2,6,16H,3-4H2. The van der Waals surface area contributed by atoms with Gasteiger partial charge in [0.25, 0.3) is 0 Å². The molecule has 1 aromatic heterocycles. The summed E-state index contributed by atoms with van der Waals surface area (Å²) < 4.78 is 37.3. The second-order valence-electron chi connectivity index (χ2n) is 3.59. The summed E-state index contributed by atoms with van der Waals surface area (Å²) in [5, 5.41) is 8.86. The van der Waals surface area contributed by atoms with Crippen LogP contribution in [0.5, 0.6) is 0 Å². The fraction of sp³-hybridized carbons (Fsp3) is 0.444. The molecule has 0 aliphatic carbocycles. The van der Waals surface area contributed by atoms with Crippen LogP contribution in [0.25, 0.3) is 0 Å². The first-order valence-corrected chi connectivity index (χ1v) is 4.92. The molecule has 0 atom stereocenters. The first-order valence-electron chi connectivity index (χ1n) is 4.54. The number of alkyl halides is 3. The Morgan fingerprint density at radius 2 is 2.00 bits per heavy atom. The van der Waals surface area contributed by atoms with E-state index in [1.165, 1.54) is 6.07 Å². The largest absolute Gasteiger partial charge is 0.433 e. The van der Waals surface area contributed by atoms with Gasteiger partial charge in [-0.05, 0) is 12.1 Å². The maximum atomic E-state index is 12.4. The number of halogens is 4. The van der Waals surface area contributed by atoms with Crippen molar-refractivity contribution in [2.75, 3.05) is 18.0 Å². The lowest BCUT2D eigenvalue weighted by atomic mass is 10.1. The zero-order chi connectivity index (χ0) is 11.9. The number of aliphatic hydroxyl groups is 1. The molecular weight excluding hydrogens is 245 g/mol. The predicted octanol–water partition coefficient (Wildman–Crippen LogP) is 1.93. The Morgan fingerprint density at radius 3 is 2.50 bits per heavy atom. The number of aromatic nitrogens is 1. The zero-order valence-electron chi connectivity index (χ0n) is 8.00. The highest BCUT2D eigenvalue weighted by Gasteiger charge is 2.34. The smallest absolute Gasteiger partial charge is 0.389 e. The van der Waals surface area contributed by atoms with E-state index >= 15 is 0 Å². The van der Waals surface area contributed by atoms with Gasteiger partial charge in [0.15, 0.2) is 0 Å². The maximum Gasteiger partial charge on any atom is 0.433 e. The van der Waals surface area contributed by atoms with Gasteiger partial charge in [-0.3, -0.25) is 0 Å². The third-order valence-corrected chi connectivity index (χ3v) is 2.49. The number of hydrogen-bond donors (Lipinski definition) is 1. The molecule has 1 aliphatic heterocycles. The van der Waals surface area contributed by atoms with Crippen molar-refractivity contribution in [3.8, 4) is 0 Å². The van der Waals surface area contributed by atoms with Crippen LogP contribution in [0.15, 0.2) is 12.1 Å². The average Bonchev–Trinajstić information content (AvgIpc) is 2.10. The molecule has 0 radical (unpaired) electrons. The van der Waals surface area contributed by atoms with E-state index in [2.05, 4.69) is 4.98 Å². The lowest BCUT2D eigenvalue weighted by Gasteiger charge is -2.38. The Kier molecular flexibility index (Phi) is 2.71. The van der Waals surface area contributed by atoms with Gasteiger partial charge in [0, 0.05) is 18.8 Å². The molecule has 1 N–H and O–H groups in total. The Morgan fingerprint density at radius 1 is 1.38 bits per heavy atom. The zero-order valence-corrected chi connectivity index (χ0v) is 8.76. The van der Waals surface area contributed by atoms with Gasteiger partial charge in [-0.2, -0.15) is 13.2 Å². The minimum Gasteiger partial charge on any atom is -0.389 e. The summed E-state index contributed by atoms with van der Waals surface area (Å²) in [4.78, 5) is 4.82. The van der Waals surface area contributed by atoms with Crippen LogP contribution in [-0.4, -0.2) is 29.3 Å². The fourth-order valence-electron chi connectivity index (χ4n) is 1.48. The average molecular weight is 253 g/mol. The normalized spacial score (nSPS) is 17.4. The highest BCUT2D eigenvalue weighted by molar-refractivity contribution is 6.29. The number of β-amino-alcohol motifs (C(OH)–C–C–N with tert-alkyl or cyclic N) is 1. The van der Waals surface area contributed by atoms with Crippen molar-refractivity contribution < 1.29 is 18.3 Å². The molecular formula is C9H8ClF3N2O. The molecule has 2 rings (SSSR count). The van der Waals surface area contributed by atoms with Gasteiger partial charge in [0.1, 0.15) is 10.8 Å². The summed E-state index contributed by atoms with van der Waals surface area (Å²) in [5.41, 5.74) is -0.686. The molecule has 88 valence electrons. The molecule has 0 unspecified atom stereocenters. The molecule has 0 amide bonds. The predicted molar refractivity (Wildman–Crippen MR) is 52.5 cm³/mol. The minimum atomic E-state index is -4.51. The van der Waals surface area contributed by atoms with Gasteiger partial charge in [-0.1, -0.05) is 11.6 Å². The summed E-state index contributed by atoms with van der Waals surface area (Å²) in [5.74, 6) is 0. The summed E-state index contributed by atoms with van der Waals surface area (Å²) >= 11 is 5.52. The number of rotatable bonds is 1. The number of pyridine rings is 1. The third-order valence-electron chi connectivity index (χ3n) is 2.30. The van der Waals surface area contributed by atoms with Crippen LogP contribution in [0.1, 0.15) is 5.69 Å². The van der Waals surface area contributed by atoms with Gasteiger partial charge in [0.05, 0.1) is 6.10 Å². The molecule has 0 bridgehead atoms. The molecule has 2 heterocycles. The van der Waals surface area contributed by atoms with Crippen LogP contribution in [0.4, 0.5) is 18.9 Å². The number of aliphatic hydroxyl groups excluding tert-OH is 1. The molecule has 0 aromatic carbocycles. The Hall–Kier alpha value is -1.01. The van der Waals surface area contributed by atoms with Crippen molar-refractivity contribution in [3.05, 3.63) is 23.0 Å². The van der Waals surface area contributed by atoms with Gasteiger partial charge >= 0.3 is 6.18 Å². The molecule has 3 nitrogen and oxygen atoms in total. The van der Waals surface area contributed by atoms with Crippen LogP contribution in [0.3, 0.4) is 0 Å². The van der Waals surface area contributed by atoms with Crippen molar-refractivity contribution in [1.82, 2.24) is 4.98 Å². The number of anilines is 1. The molecule has 0 spiro atoms. The highest BCUT2D eigenvalue weighted by atomic mass is 35.5. The van der Waals surface area contributed by atoms with Gasteiger partial charge in [0.2, 0.25) is 0 Å². The van der Waals surface area contributed by atoms with E-state index in [1.807, 2.05) is 0 Å². The fourth-order valence-corrected chi connectivity index (χ4v) is 1.68. The van der Waals surface area contributed by atoms with E-state index in [-0.39, 0.29) is 5.15 Å². The molecule has 7 heteroatoms. The molecule has 1 aliphatic rings. The van der Waals surface area contributed by atoms with Crippen molar-refractivity contribution >= 4 is 17.3 Å². The van der Waals surface area contributed by atoms with Crippen LogP contribution < -0.4 is 4.90 Å². The highest BCUT2D eigenvalue weighted by Crippen LogP contribution is 2.33. The summed E-state index contributed by atoms with van der Waals surface area (Å²) in [6.45, 7) is 0.634. The molecule has 1 saturated heterocycles. The Balaban J connectivity index is 2.30. The summed E-state index contributed by atoms with van der Waals surface area (Å²) in [6.07, 6.45) is -5.00. The van der Waals surface area contributed by atoms with E-state index < -0.39 is 18.0 Å². The lowest BCUT2D eigenvalue weighted by molar-refractivity contribution is -0.141. The van der Waals surface area contributed by atoms with Gasteiger partial charge in [-0.15, -0.1) is 0 Å². The van der Waals surface area contributed by atoms with E-state index in [4.69, 9.17) is 16.7 Å². The maximum absolute atomic E-state index is 12.4. The van der Waals surface area contributed by atoms with Gasteiger partial charge < -0.3 is 10.0 Å². The molecule has 16 heavy (non-hydrogen) atoms. The van der Waals surface area contributed by atoms with E-state index in [0.29, 0.717) is 18.8 Å². The first kappa shape index (κ1) is 11.5. The van der Waals surface area contributed by atoms with Crippen LogP contribution in [0, 0.1) is 0 Å². The van der Waals surface area contributed by atoms with Crippen molar-refractivity contribution in [2.45, 2.75) is 12.3 Å². The Bertz CT molecular complexity index is 404. The quantitative estimate of drug-likeness (QED) is 0.776. The topological polar surface area (TPSA) is 36.4 Å². The van der Waals surface area contributed by atoms with Crippen LogP contribution in [-0.2, 0) is 6.18 Å². The minimum absolute atomic E-state index is 0.203. The molecule has 1 fully saturated rings. The number of nitrogens with zero attached hydrogens (tertiary/aromatic N) is 2. The van der Waals surface area contributed by atoms with E-state index in [9.17, 15) is 13.2 Å². The monoisotopic (exact) mass is 252 g/mol. The molecule has 1 aromatic rings. The first-order chi connectivity index (χ1) is 7.36. The Labute approximate surface area is 94.5 Å². The third kappa shape index (κ3) is 2.22. The lowest BCUT2D eigenvalue weighted by Crippen LogP contribution is -2.50. The molecule has 0 saturated carbocycles. The second kappa shape index (κ2) is 3.78. The number of hydrogen-bond acceptors (Lipinski definition) is 3. The van der Waals surface area contributed by atoms with Crippen molar-refractivity contribution in [2.24, 2.45) is 0 Å². The second-order valence-corrected chi connectivity index (χ2v) is 3.98. The van der Waals surface area contributed by atoms with Crippen LogP contribution >= 0.6 is 11.6 Å². The van der Waals surface area contributed by atoms with Gasteiger partial charge in [-0.25, -0.2) is 4.98 Å². The van der Waals surface area contributed by atoms with E-state index in [1.54, 1.807) is 4.90 Å². The van der Waals surface area contributed by atoms with Crippen molar-refractivity contribution in [3.63, 3.8) is 0 Å². The SMILES string of the molecule is OC1CN(c2cc(Cl)nc(C(F)(F)F)c2)C1.